The molecule has 0 heterocycles. The van der Waals surface area contributed by atoms with Gasteiger partial charge in [-0.15, -0.1) is 24.0 Å². The van der Waals surface area contributed by atoms with E-state index in [0.29, 0.717) is 19.1 Å². The first-order valence-electron chi connectivity index (χ1n) is 7.65. The Labute approximate surface area is 156 Å². The molecule has 2 unspecified atom stereocenters. The van der Waals surface area contributed by atoms with E-state index >= 15 is 0 Å². The van der Waals surface area contributed by atoms with Crippen LogP contribution in [0, 0.1) is 5.41 Å². The molecule has 1 aliphatic carbocycles. The van der Waals surface area contributed by atoms with E-state index in [0.717, 1.165) is 11.2 Å². The minimum Gasteiger partial charge on any atom is -0.355 e. The largest absolute Gasteiger partial charge is 0.355 e. The summed E-state index contributed by atoms with van der Waals surface area (Å²) in [5, 5.41) is 10.4. The molecule has 130 valence electrons. The number of guanidine groups is 1. The first kappa shape index (κ1) is 21.8. The van der Waals surface area contributed by atoms with Crippen molar-refractivity contribution in [2.75, 3.05) is 26.4 Å². The molecule has 1 amide bonds. The molecule has 0 saturated heterocycles. The Morgan fingerprint density at radius 2 is 1.86 bits per heavy atom. The van der Waals surface area contributed by atoms with Gasteiger partial charge < -0.3 is 16.0 Å². The van der Waals surface area contributed by atoms with Gasteiger partial charge in [-0.05, 0) is 25.5 Å². The van der Waals surface area contributed by atoms with E-state index in [1.807, 2.05) is 32.5 Å². The van der Waals surface area contributed by atoms with Gasteiger partial charge in [0.25, 0.3) is 0 Å². The Morgan fingerprint density at radius 1 is 1.23 bits per heavy atom. The minimum atomic E-state index is -0.337. The lowest BCUT2D eigenvalue weighted by Gasteiger charge is -2.19. The average molecular weight is 442 g/mol. The van der Waals surface area contributed by atoms with Gasteiger partial charge in [0.05, 0.1) is 0 Å². The second-order valence-corrected chi connectivity index (χ2v) is 7.65. The topological polar surface area (TPSA) is 65.5 Å². The third-order valence-corrected chi connectivity index (χ3v) is 4.76. The highest BCUT2D eigenvalue weighted by molar-refractivity contribution is 14.0. The fourth-order valence-corrected chi connectivity index (χ4v) is 3.09. The highest BCUT2D eigenvalue weighted by atomic mass is 127. The van der Waals surface area contributed by atoms with E-state index in [9.17, 15) is 4.79 Å². The third kappa shape index (κ3) is 7.89. The number of hydrogen-bond donors (Lipinski definition) is 3. The van der Waals surface area contributed by atoms with Gasteiger partial charge in [-0.2, -0.15) is 11.8 Å². The summed E-state index contributed by atoms with van der Waals surface area (Å²) < 4.78 is 0. The lowest BCUT2D eigenvalue weighted by molar-refractivity contribution is -0.128. The zero-order valence-corrected chi connectivity index (χ0v) is 17.5. The maximum atomic E-state index is 11.7. The molecule has 5 nitrogen and oxygen atoms in total. The van der Waals surface area contributed by atoms with Gasteiger partial charge in [0, 0.05) is 36.8 Å². The smallest absolute Gasteiger partial charge is 0.225 e. The molecular weight excluding hydrogens is 411 g/mol. The molecule has 3 N–H and O–H groups in total. The van der Waals surface area contributed by atoms with Crippen molar-refractivity contribution >= 4 is 47.6 Å². The quantitative estimate of drug-likeness (QED) is 0.265. The lowest BCUT2D eigenvalue weighted by atomic mass is 9.96. The number of nitrogens with one attached hydrogen (secondary N) is 3. The molecule has 1 saturated carbocycles. The molecule has 0 aromatic heterocycles. The summed E-state index contributed by atoms with van der Waals surface area (Å²) in [6, 6.07) is 0.512. The number of carbonyl (C=O) groups is 1. The van der Waals surface area contributed by atoms with Crippen LogP contribution in [0.15, 0.2) is 4.99 Å². The van der Waals surface area contributed by atoms with Crippen LogP contribution in [-0.4, -0.2) is 49.6 Å². The molecule has 0 aromatic carbocycles. The number of hydrogen-bond acceptors (Lipinski definition) is 3. The maximum absolute atomic E-state index is 11.7. The molecule has 2 atom stereocenters. The zero-order valence-electron chi connectivity index (χ0n) is 14.4. The van der Waals surface area contributed by atoms with Gasteiger partial charge in [0.15, 0.2) is 5.96 Å². The molecule has 1 aliphatic rings. The molecule has 0 aromatic rings. The van der Waals surface area contributed by atoms with E-state index in [4.69, 9.17) is 0 Å². The number of halogens is 1. The molecule has 0 spiro atoms. The number of carbonyl (C=O) groups excluding carboxylic acids is 1. The molecule has 22 heavy (non-hydrogen) atoms. The van der Waals surface area contributed by atoms with Crippen molar-refractivity contribution in [3.8, 4) is 0 Å². The van der Waals surface area contributed by atoms with Gasteiger partial charge in [0.1, 0.15) is 0 Å². The molecule has 1 fully saturated rings. The van der Waals surface area contributed by atoms with E-state index in [2.05, 4.69) is 27.2 Å². The minimum absolute atomic E-state index is 0. The molecule has 0 radical (unpaired) electrons. The second-order valence-electron chi connectivity index (χ2n) is 6.52. The zero-order chi connectivity index (χ0) is 15.9. The van der Waals surface area contributed by atoms with Crippen LogP contribution in [0.1, 0.15) is 40.0 Å². The normalized spacial score (nSPS) is 22.0. The standard InChI is InChI=1S/C15H30N4OS.HI/c1-15(2,3)13(20)17-8-9-18-14(16-4)19-11-6-7-12(10-11)21-5;/h11-12H,6-10H2,1-5H3,(H,17,20)(H2,16,18,19);1H. The monoisotopic (exact) mass is 442 g/mol. The SMILES string of the molecule is CN=C(NCCNC(=O)C(C)(C)C)NC1CCC(SC)C1.I. The average Bonchev–Trinajstić information content (AvgIpc) is 2.88. The van der Waals surface area contributed by atoms with Crippen LogP contribution < -0.4 is 16.0 Å². The van der Waals surface area contributed by atoms with Crippen LogP contribution in [-0.2, 0) is 4.79 Å². The fraction of sp³-hybridized carbons (Fsp3) is 0.867. The summed E-state index contributed by atoms with van der Waals surface area (Å²) in [5.41, 5.74) is -0.337. The van der Waals surface area contributed by atoms with Gasteiger partial charge >= 0.3 is 0 Å². The highest BCUT2D eigenvalue weighted by Crippen LogP contribution is 2.27. The Hall–Kier alpha value is -0.180. The van der Waals surface area contributed by atoms with E-state index in [1.165, 1.54) is 19.3 Å². The van der Waals surface area contributed by atoms with Crippen LogP contribution >= 0.6 is 35.7 Å². The van der Waals surface area contributed by atoms with Crippen LogP contribution in [0.5, 0.6) is 0 Å². The van der Waals surface area contributed by atoms with Crippen molar-refractivity contribution in [3.05, 3.63) is 0 Å². The van der Waals surface area contributed by atoms with Crippen molar-refractivity contribution in [1.29, 1.82) is 0 Å². The van der Waals surface area contributed by atoms with Gasteiger partial charge in [-0.1, -0.05) is 20.8 Å². The van der Waals surface area contributed by atoms with E-state index < -0.39 is 0 Å². The summed E-state index contributed by atoms with van der Waals surface area (Å²) in [6.07, 6.45) is 5.85. The molecule has 7 heteroatoms. The van der Waals surface area contributed by atoms with Crippen LogP contribution in [0.25, 0.3) is 0 Å². The van der Waals surface area contributed by atoms with Gasteiger partial charge in [0.2, 0.25) is 5.91 Å². The second kappa shape index (κ2) is 10.6. The molecular formula is C15H31IN4OS. The molecule has 0 aliphatic heterocycles. The van der Waals surface area contributed by atoms with E-state index in [-0.39, 0.29) is 35.3 Å². The van der Waals surface area contributed by atoms with Crippen molar-refractivity contribution in [3.63, 3.8) is 0 Å². The Morgan fingerprint density at radius 3 is 2.36 bits per heavy atom. The molecule has 0 bridgehead atoms. The fourth-order valence-electron chi connectivity index (χ4n) is 2.30. The Balaban J connectivity index is 0.00000441. The Kier molecular flexibility index (Phi) is 10.5. The maximum Gasteiger partial charge on any atom is 0.225 e. The summed E-state index contributed by atoms with van der Waals surface area (Å²) in [7, 11) is 1.78. The summed E-state index contributed by atoms with van der Waals surface area (Å²) >= 11 is 1.95. The number of aliphatic imine (C=N–C) groups is 1. The molecule has 1 rings (SSSR count). The number of thioether (sulfide) groups is 1. The van der Waals surface area contributed by atoms with Crippen molar-refractivity contribution in [2.24, 2.45) is 10.4 Å². The van der Waals surface area contributed by atoms with Crippen LogP contribution in [0.3, 0.4) is 0 Å². The number of nitrogens with zero attached hydrogens (tertiary/aromatic N) is 1. The van der Waals surface area contributed by atoms with Crippen LogP contribution in [0.4, 0.5) is 0 Å². The summed E-state index contributed by atoms with van der Waals surface area (Å²) in [4.78, 5) is 16.0. The summed E-state index contributed by atoms with van der Waals surface area (Å²) in [5.74, 6) is 0.901. The number of rotatable bonds is 5. The van der Waals surface area contributed by atoms with Crippen molar-refractivity contribution in [2.45, 2.75) is 51.3 Å². The van der Waals surface area contributed by atoms with Gasteiger partial charge in [-0.25, -0.2) is 0 Å². The van der Waals surface area contributed by atoms with Crippen LogP contribution in [0.2, 0.25) is 0 Å². The predicted molar refractivity (Wildman–Crippen MR) is 107 cm³/mol. The third-order valence-electron chi connectivity index (χ3n) is 3.67. The first-order chi connectivity index (χ1) is 9.86. The van der Waals surface area contributed by atoms with E-state index in [1.54, 1.807) is 7.05 Å². The number of amides is 1. The summed E-state index contributed by atoms with van der Waals surface area (Å²) in [6.45, 7) is 7.03. The van der Waals surface area contributed by atoms with Crippen molar-refractivity contribution in [1.82, 2.24) is 16.0 Å². The lowest BCUT2D eigenvalue weighted by Crippen LogP contribution is -2.46. The van der Waals surface area contributed by atoms with Crippen molar-refractivity contribution < 1.29 is 4.79 Å². The Bertz CT molecular complexity index is 371. The van der Waals surface area contributed by atoms with Gasteiger partial charge in [-0.3, -0.25) is 9.79 Å². The first-order valence-corrected chi connectivity index (χ1v) is 8.94. The highest BCUT2D eigenvalue weighted by Gasteiger charge is 2.24. The predicted octanol–water partition coefficient (Wildman–Crippen LogP) is 2.22.